The predicted molar refractivity (Wildman–Crippen MR) is 69.9 cm³/mol. The molecule has 1 fully saturated rings. The Bertz CT molecular complexity index is 382. The molecule has 0 radical (unpaired) electrons. The zero-order valence-electron chi connectivity index (χ0n) is 9.86. The summed E-state index contributed by atoms with van der Waals surface area (Å²) >= 11 is 0. The summed E-state index contributed by atoms with van der Waals surface area (Å²) in [4.78, 5) is 0. The molecule has 3 heteroatoms. The number of nitrogens with one attached hydrogen (secondary N) is 2. The molecule has 90 valence electrons. The minimum atomic E-state index is 0.922. The SMILES string of the molecule is C1CNCCN1.c1ccc(-c2ccco2)cc1. The third-order valence-electron chi connectivity index (χ3n) is 2.54. The van der Waals surface area contributed by atoms with E-state index in [-0.39, 0.29) is 0 Å². The van der Waals surface area contributed by atoms with Crippen molar-refractivity contribution in [3.63, 3.8) is 0 Å². The van der Waals surface area contributed by atoms with Crippen LogP contribution in [-0.4, -0.2) is 26.2 Å². The first-order chi connectivity index (χ1) is 8.47. The summed E-state index contributed by atoms with van der Waals surface area (Å²) in [5.41, 5.74) is 1.12. The van der Waals surface area contributed by atoms with Crippen molar-refractivity contribution in [2.75, 3.05) is 26.2 Å². The number of hydrogen-bond donors (Lipinski definition) is 2. The first-order valence-electron chi connectivity index (χ1n) is 5.97. The summed E-state index contributed by atoms with van der Waals surface area (Å²) in [5.74, 6) is 0.922. The zero-order chi connectivity index (χ0) is 11.8. The number of piperazine rings is 1. The number of hydrogen-bond acceptors (Lipinski definition) is 3. The zero-order valence-corrected chi connectivity index (χ0v) is 9.86. The van der Waals surface area contributed by atoms with Crippen molar-refractivity contribution in [3.8, 4) is 11.3 Å². The molecule has 0 amide bonds. The topological polar surface area (TPSA) is 37.2 Å². The monoisotopic (exact) mass is 230 g/mol. The number of furan rings is 1. The van der Waals surface area contributed by atoms with Crippen LogP contribution in [0.15, 0.2) is 53.1 Å². The summed E-state index contributed by atoms with van der Waals surface area (Å²) in [7, 11) is 0. The highest BCUT2D eigenvalue weighted by molar-refractivity contribution is 5.56. The van der Waals surface area contributed by atoms with Gasteiger partial charge in [-0.25, -0.2) is 0 Å². The molecule has 1 aromatic carbocycles. The van der Waals surface area contributed by atoms with E-state index in [1.807, 2.05) is 42.5 Å². The van der Waals surface area contributed by atoms with E-state index >= 15 is 0 Å². The first kappa shape index (κ1) is 11.9. The summed E-state index contributed by atoms with van der Waals surface area (Å²) < 4.78 is 5.22. The third kappa shape index (κ3) is 4.06. The molecule has 0 unspecified atom stereocenters. The lowest BCUT2D eigenvalue weighted by molar-refractivity contribution is 0.534. The molecule has 0 saturated carbocycles. The summed E-state index contributed by atoms with van der Waals surface area (Å²) in [5, 5.41) is 6.44. The lowest BCUT2D eigenvalue weighted by Gasteiger charge is -2.11. The lowest BCUT2D eigenvalue weighted by atomic mass is 10.2. The molecule has 0 bridgehead atoms. The Labute approximate surface area is 102 Å². The molecule has 0 atom stereocenters. The van der Waals surface area contributed by atoms with Crippen molar-refractivity contribution in [2.45, 2.75) is 0 Å². The van der Waals surface area contributed by atoms with E-state index in [1.165, 1.54) is 0 Å². The van der Waals surface area contributed by atoms with Crippen molar-refractivity contribution >= 4 is 0 Å². The quantitative estimate of drug-likeness (QED) is 0.788. The Balaban J connectivity index is 0.000000153. The molecule has 3 nitrogen and oxygen atoms in total. The van der Waals surface area contributed by atoms with Gasteiger partial charge in [-0.2, -0.15) is 0 Å². The predicted octanol–water partition coefficient (Wildman–Crippen LogP) is 2.13. The number of benzene rings is 1. The van der Waals surface area contributed by atoms with Crippen molar-refractivity contribution in [1.29, 1.82) is 0 Å². The standard InChI is InChI=1S/C10H8O.C4H10N2/c1-2-5-9(6-3-1)10-7-4-8-11-10;1-2-6-4-3-5-1/h1-8H;5-6H,1-4H2. The fourth-order valence-electron chi connectivity index (χ4n) is 1.65. The molecule has 0 aliphatic carbocycles. The molecular weight excluding hydrogens is 212 g/mol. The molecule has 2 N–H and O–H groups in total. The molecule has 0 spiro atoms. The first-order valence-corrected chi connectivity index (χ1v) is 5.97. The highest BCUT2D eigenvalue weighted by atomic mass is 16.3. The molecule has 3 rings (SSSR count). The molecule has 1 aliphatic rings. The maximum Gasteiger partial charge on any atom is 0.133 e. The van der Waals surface area contributed by atoms with Crippen LogP contribution in [-0.2, 0) is 0 Å². The van der Waals surface area contributed by atoms with Gasteiger partial charge in [-0.3, -0.25) is 0 Å². The molecular formula is C14H18N2O. The largest absolute Gasteiger partial charge is 0.464 e. The fraction of sp³-hybridized carbons (Fsp3) is 0.286. The van der Waals surface area contributed by atoms with Crippen LogP contribution in [0.3, 0.4) is 0 Å². The molecule has 1 aliphatic heterocycles. The van der Waals surface area contributed by atoms with Crippen LogP contribution in [0.25, 0.3) is 11.3 Å². The Hall–Kier alpha value is -1.58. The van der Waals surface area contributed by atoms with E-state index < -0.39 is 0 Å². The molecule has 2 aromatic rings. The van der Waals surface area contributed by atoms with Gasteiger partial charge in [0.2, 0.25) is 0 Å². The molecule has 1 aromatic heterocycles. The summed E-state index contributed by atoms with van der Waals surface area (Å²) in [6, 6.07) is 13.9. The van der Waals surface area contributed by atoms with Gasteiger partial charge in [-0.05, 0) is 12.1 Å². The second-order valence-corrected chi connectivity index (χ2v) is 3.84. The van der Waals surface area contributed by atoms with E-state index in [2.05, 4.69) is 10.6 Å². The molecule has 1 saturated heterocycles. The maximum atomic E-state index is 5.22. The van der Waals surface area contributed by atoms with Gasteiger partial charge >= 0.3 is 0 Å². The Morgan fingerprint density at radius 2 is 1.41 bits per heavy atom. The van der Waals surface area contributed by atoms with Crippen LogP contribution in [0.2, 0.25) is 0 Å². The lowest BCUT2D eigenvalue weighted by Crippen LogP contribution is -2.39. The van der Waals surface area contributed by atoms with E-state index in [1.54, 1.807) is 6.26 Å². The van der Waals surface area contributed by atoms with Crippen LogP contribution in [0.1, 0.15) is 0 Å². The average molecular weight is 230 g/mol. The van der Waals surface area contributed by atoms with Crippen LogP contribution in [0, 0.1) is 0 Å². The maximum absolute atomic E-state index is 5.22. The van der Waals surface area contributed by atoms with E-state index in [0.717, 1.165) is 37.5 Å². The normalized spacial score (nSPS) is 14.8. The van der Waals surface area contributed by atoms with Gasteiger partial charge in [0.25, 0.3) is 0 Å². The Kier molecular flexibility index (Phi) is 4.82. The van der Waals surface area contributed by atoms with Crippen molar-refractivity contribution in [1.82, 2.24) is 10.6 Å². The molecule has 17 heavy (non-hydrogen) atoms. The van der Waals surface area contributed by atoms with Crippen LogP contribution in [0.5, 0.6) is 0 Å². The minimum absolute atomic E-state index is 0.922. The highest BCUT2D eigenvalue weighted by Gasteiger charge is 1.95. The third-order valence-corrected chi connectivity index (χ3v) is 2.54. The van der Waals surface area contributed by atoms with Gasteiger partial charge in [0.05, 0.1) is 6.26 Å². The Morgan fingerprint density at radius 1 is 0.765 bits per heavy atom. The van der Waals surface area contributed by atoms with Gasteiger partial charge in [0, 0.05) is 31.7 Å². The average Bonchev–Trinajstić information content (AvgIpc) is 2.96. The van der Waals surface area contributed by atoms with Gasteiger partial charge in [0.15, 0.2) is 0 Å². The minimum Gasteiger partial charge on any atom is -0.464 e. The summed E-state index contributed by atoms with van der Waals surface area (Å²) in [6.45, 7) is 4.56. The smallest absolute Gasteiger partial charge is 0.133 e. The second-order valence-electron chi connectivity index (χ2n) is 3.84. The van der Waals surface area contributed by atoms with E-state index in [9.17, 15) is 0 Å². The van der Waals surface area contributed by atoms with E-state index in [4.69, 9.17) is 4.42 Å². The van der Waals surface area contributed by atoms with Crippen LogP contribution in [0.4, 0.5) is 0 Å². The molecule has 2 heterocycles. The van der Waals surface area contributed by atoms with E-state index in [0.29, 0.717) is 0 Å². The fourth-order valence-corrected chi connectivity index (χ4v) is 1.65. The summed E-state index contributed by atoms with van der Waals surface area (Å²) in [6.07, 6.45) is 1.68. The van der Waals surface area contributed by atoms with Crippen LogP contribution < -0.4 is 10.6 Å². The second kappa shape index (κ2) is 6.89. The van der Waals surface area contributed by atoms with Gasteiger partial charge in [-0.1, -0.05) is 30.3 Å². The van der Waals surface area contributed by atoms with Crippen molar-refractivity contribution in [3.05, 3.63) is 48.7 Å². The van der Waals surface area contributed by atoms with Gasteiger partial charge in [-0.15, -0.1) is 0 Å². The van der Waals surface area contributed by atoms with Crippen molar-refractivity contribution < 1.29 is 4.42 Å². The van der Waals surface area contributed by atoms with Gasteiger partial charge < -0.3 is 15.1 Å². The van der Waals surface area contributed by atoms with Crippen molar-refractivity contribution in [2.24, 2.45) is 0 Å². The van der Waals surface area contributed by atoms with Crippen LogP contribution >= 0.6 is 0 Å². The highest BCUT2D eigenvalue weighted by Crippen LogP contribution is 2.18. The Morgan fingerprint density at radius 3 is 1.88 bits per heavy atom. The van der Waals surface area contributed by atoms with Gasteiger partial charge in [0.1, 0.15) is 5.76 Å². The number of rotatable bonds is 1.